The van der Waals surface area contributed by atoms with Gasteiger partial charge in [-0.25, -0.2) is 4.98 Å². The zero-order valence-electron chi connectivity index (χ0n) is 20.9. The number of amides is 1. The SMILES string of the molecule is CCCCCCCC(=O)N(CCOC)C(C)c1nc2ccccc2c(=O)n1-c1ccccc1C. The van der Waals surface area contributed by atoms with Crippen LogP contribution in [0.15, 0.2) is 53.3 Å². The minimum atomic E-state index is -0.393. The van der Waals surface area contributed by atoms with Crippen LogP contribution in [0.1, 0.15) is 69.8 Å². The van der Waals surface area contributed by atoms with Crippen molar-refractivity contribution < 1.29 is 9.53 Å². The van der Waals surface area contributed by atoms with Gasteiger partial charge in [-0.15, -0.1) is 0 Å². The van der Waals surface area contributed by atoms with Crippen molar-refractivity contribution in [3.63, 3.8) is 0 Å². The van der Waals surface area contributed by atoms with Crippen LogP contribution in [-0.2, 0) is 9.53 Å². The van der Waals surface area contributed by atoms with Crippen LogP contribution in [0.25, 0.3) is 16.6 Å². The lowest BCUT2D eigenvalue weighted by Crippen LogP contribution is -2.39. The lowest BCUT2D eigenvalue weighted by Gasteiger charge is -2.31. The summed E-state index contributed by atoms with van der Waals surface area (Å²) in [5, 5.41) is 0.562. The van der Waals surface area contributed by atoms with Crippen molar-refractivity contribution in [3.05, 3.63) is 70.3 Å². The van der Waals surface area contributed by atoms with E-state index in [1.165, 1.54) is 12.8 Å². The van der Waals surface area contributed by atoms with E-state index < -0.39 is 6.04 Å². The molecule has 1 aromatic heterocycles. The van der Waals surface area contributed by atoms with E-state index in [9.17, 15) is 9.59 Å². The second-order valence-corrected chi connectivity index (χ2v) is 8.83. The van der Waals surface area contributed by atoms with E-state index in [1.54, 1.807) is 17.7 Å². The van der Waals surface area contributed by atoms with Crippen LogP contribution in [0.3, 0.4) is 0 Å². The first-order chi connectivity index (χ1) is 16.5. The van der Waals surface area contributed by atoms with Gasteiger partial charge in [-0.2, -0.15) is 0 Å². The van der Waals surface area contributed by atoms with E-state index in [0.29, 0.717) is 36.3 Å². The normalized spacial score (nSPS) is 12.1. The fourth-order valence-electron chi connectivity index (χ4n) is 4.36. The highest BCUT2D eigenvalue weighted by Crippen LogP contribution is 2.25. The second-order valence-electron chi connectivity index (χ2n) is 8.83. The molecule has 1 heterocycles. The number of ether oxygens (including phenoxy) is 1. The monoisotopic (exact) mass is 463 g/mol. The Labute approximate surface area is 202 Å². The van der Waals surface area contributed by atoms with Gasteiger partial charge in [0.05, 0.1) is 29.2 Å². The molecule has 34 heavy (non-hydrogen) atoms. The first-order valence-corrected chi connectivity index (χ1v) is 12.4. The maximum atomic E-state index is 13.7. The number of nitrogens with zero attached hydrogens (tertiary/aromatic N) is 3. The molecular weight excluding hydrogens is 426 g/mol. The molecule has 0 aliphatic rings. The van der Waals surface area contributed by atoms with Crippen LogP contribution >= 0.6 is 0 Å². The molecular formula is C28H37N3O3. The number of methoxy groups -OCH3 is 1. The Morgan fingerprint density at radius 1 is 1.06 bits per heavy atom. The number of hydrogen-bond acceptors (Lipinski definition) is 4. The minimum Gasteiger partial charge on any atom is -0.383 e. The third-order valence-corrected chi connectivity index (χ3v) is 6.35. The first-order valence-electron chi connectivity index (χ1n) is 12.4. The van der Waals surface area contributed by atoms with Gasteiger partial charge in [-0.1, -0.05) is 62.9 Å². The molecule has 3 aromatic rings. The van der Waals surface area contributed by atoms with E-state index in [0.717, 1.165) is 30.5 Å². The maximum absolute atomic E-state index is 13.7. The van der Waals surface area contributed by atoms with E-state index in [2.05, 4.69) is 6.92 Å². The van der Waals surface area contributed by atoms with Gasteiger partial charge in [0, 0.05) is 20.1 Å². The number of unbranched alkanes of at least 4 members (excludes halogenated alkanes) is 4. The van der Waals surface area contributed by atoms with Crippen molar-refractivity contribution in [1.82, 2.24) is 14.5 Å². The van der Waals surface area contributed by atoms with Gasteiger partial charge in [-0.05, 0) is 44.0 Å². The predicted octanol–water partition coefficient (Wildman–Crippen LogP) is 5.59. The van der Waals surface area contributed by atoms with Crippen molar-refractivity contribution >= 4 is 16.8 Å². The quantitative estimate of drug-likeness (QED) is 0.328. The highest BCUT2D eigenvalue weighted by molar-refractivity contribution is 5.79. The molecule has 1 unspecified atom stereocenters. The van der Waals surface area contributed by atoms with Crippen LogP contribution in [0.5, 0.6) is 0 Å². The van der Waals surface area contributed by atoms with E-state index in [-0.39, 0.29) is 11.5 Å². The average Bonchev–Trinajstić information content (AvgIpc) is 2.84. The molecule has 3 rings (SSSR count). The summed E-state index contributed by atoms with van der Waals surface area (Å²) >= 11 is 0. The molecule has 182 valence electrons. The lowest BCUT2D eigenvalue weighted by atomic mass is 10.1. The smallest absolute Gasteiger partial charge is 0.266 e. The number of carbonyl (C=O) groups excluding carboxylic acids is 1. The summed E-state index contributed by atoms with van der Waals surface area (Å²) in [6, 6.07) is 14.8. The first kappa shape index (κ1) is 25.6. The zero-order chi connectivity index (χ0) is 24.5. The zero-order valence-corrected chi connectivity index (χ0v) is 20.9. The summed E-state index contributed by atoms with van der Waals surface area (Å²) in [6.45, 7) is 6.99. The average molecular weight is 464 g/mol. The van der Waals surface area contributed by atoms with Gasteiger partial charge in [0.2, 0.25) is 5.91 Å². The summed E-state index contributed by atoms with van der Waals surface area (Å²) in [7, 11) is 1.63. The van der Waals surface area contributed by atoms with E-state index >= 15 is 0 Å². The van der Waals surface area contributed by atoms with E-state index in [1.807, 2.05) is 61.2 Å². The number of fused-ring (bicyclic) bond motifs is 1. The molecule has 0 fully saturated rings. The van der Waals surface area contributed by atoms with Crippen molar-refractivity contribution in [2.24, 2.45) is 0 Å². The number of aromatic nitrogens is 2. The number of para-hydroxylation sites is 2. The Kier molecular flexibility index (Phi) is 9.40. The molecule has 0 N–H and O–H groups in total. The molecule has 2 aromatic carbocycles. The number of carbonyl (C=O) groups is 1. The Balaban J connectivity index is 2.04. The van der Waals surface area contributed by atoms with Crippen molar-refractivity contribution in [2.45, 2.75) is 65.3 Å². The number of benzene rings is 2. The molecule has 0 saturated carbocycles. The fraction of sp³-hybridized carbons (Fsp3) is 0.464. The van der Waals surface area contributed by atoms with Gasteiger partial charge < -0.3 is 9.64 Å². The molecule has 1 amide bonds. The predicted molar refractivity (Wildman–Crippen MR) is 137 cm³/mol. The Bertz CT molecular complexity index is 1160. The number of aryl methyl sites for hydroxylation is 1. The fourth-order valence-corrected chi connectivity index (χ4v) is 4.36. The van der Waals surface area contributed by atoms with Crippen LogP contribution in [0.4, 0.5) is 0 Å². The summed E-state index contributed by atoms with van der Waals surface area (Å²) in [5.41, 5.74) is 2.27. The third kappa shape index (κ3) is 5.92. The van der Waals surface area contributed by atoms with E-state index in [4.69, 9.17) is 9.72 Å². The molecule has 0 aliphatic heterocycles. The van der Waals surface area contributed by atoms with Gasteiger partial charge in [0.15, 0.2) is 0 Å². The lowest BCUT2D eigenvalue weighted by molar-refractivity contribution is -0.134. The van der Waals surface area contributed by atoms with Gasteiger partial charge in [-0.3, -0.25) is 14.2 Å². The summed E-state index contributed by atoms with van der Waals surface area (Å²) in [6.07, 6.45) is 5.92. The topological polar surface area (TPSA) is 64.4 Å². The molecule has 0 bridgehead atoms. The summed E-state index contributed by atoms with van der Waals surface area (Å²) < 4.78 is 6.99. The molecule has 1 atom stereocenters. The highest BCUT2D eigenvalue weighted by Gasteiger charge is 2.26. The van der Waals surface area contributed by atoms with Gasteiger partial charge in [0.1, 0.15) is 5.82 Å². The standard InChI is InChI=1S/C28H37N3O3/c1-5-6-7-8-9-18-26(32)30(19-20-34-4)22(3)27-29-24-16-12-11-15-23(24)28(33)31(27)25-17-13-10-14-21(25)2/h10-17,22H,5-9,18-20H2,1-4H3. The van der Waals surface area contributed by atoms with Crippen molar-refractivity contribution in [2.75, 3.05) is 20.3 Å². The molecule has 0 radical (unpaired) electrons. The Morgan fingerprint density at radius 2 is 1.76 bits per heavy atom. The summed E-state index contributed by atoms with van der Waals surface area (Å²) in [5.74, 6) is 0.633. The third-order valence-electron chi connectivity index (χ3n) is 6.35. The number of hydrogen-bond donors (Lipinski definition) is 0. The summed E-state index contributed by atoms with van der Waals surface area (Å²) in [4.78, 5) is 33.7. The van der Waals surface area contributed by atoms with Crippen molar-refractivity contribution in [3.8, 4) is 5.69 Å². The maximum Gasteiger partial charge on any atom is 0.266 e. The Hall–Kier alpha value is -2.99. The van der Waals surface area contributed by atoms with Crippen LogP contribution in [-0.4, -0.2) is 40.6 Å². The molecule has 0 aliphatic carbocycles. The van der Waals surface area contributed by atoms with Gasteiger partial charge in [0.25, 0.3) is 5.56 Å². The second kappa shape index (κ2) is 12.5. The molecule has 6 nitrogen and oxygen atoms in total. The van der Waals surface area contributed by atoms with Gasteiger partial charge >= 0.3 is 0 Å². The van der Waals surface area contributed by atoms with Crippen LogP contribution in [0.2, 0.25) is 0 Å². The van der Waals surface area contributed by atoms with Crippen LogP contribution in [0, 0.1) is 6.92 Å². The molecule has 6 heteroatoms. The molecule has 0 saturated heterocycles. The molecule has 0 spiro atoms. The number of rotatable bonds is 12. The van der Waals surface area contributed by atoms with Crippen molar-refractivity contribution in [1.29, 1.82) is 0 Å². The van der Waals surface area contributed by atoms with Crippen LogP contribution < -0.4 is 5.56 Å². The largest absolute Gasteiger partial charge is 0.383 e. The highest BCUT2D eigenvalue weighted by atomic mass is 16.5. The Morgan fingerprint density at radius 3 is 2.50 bits per heavy atom. The minimum absolute atomic E-state index is 0.0692.